The second kappa shape index (κ2) is 8.96. The Morgan fingerprint density at radius 1 is 1.26 bits per heavy atom. The van der Waals surface area contributed by atoms with E-state index in [1.165, 1.54) is 10.9 Å². The van der Waals surface area contributed by atoms with Gasteiger partial charge in [-0.1, -0.05) is 36.7 Å². The average Bonchev–Trinajstić information content (AvgIpc) is 3.24. The molecule has 0 saturated heterocycles. The fraction of sp³-hybridized carbons (Fsp3) is 0.348. The van der Waals surface area contributed by atoms with Gasteiger partial charge in [-0.3, -0.25) is 15.1 Å². The van der Waals surface area contributed by atoms with E-state index in [0.29, 0.717) is 29.1 Å². The molecule has 1 aliphatic carbocycles. The number of amides is 2. The number of aromatic nitrogens is 5. The third kappa shape index (κ3) is 4.52. The minimum Gasteiger partial charge on any atom is -0.441 e. The number of nitriles is 1. The van der Waals surface area contributed by atoms with Crippen molar-refractivity contribution >= 4 is 35.1 Å². The van der Waals surface area contributed by atoms with Crippen LogP contribution in [0.2, 0.25) is 5.15 Å². The first-order chi connectivity index (χ1) is 16.6. The minimum absolute atomic E-state index is 0.248. The highest BCUT2D eigenvalue weighted by atomic mass is 35.5. The first kappa shape index (κ1) is 24.1. The summed E-state index contributed by atoms with van der Waals surface area (Å²) in [6.45, 7) is 5.45. The van der Waals surface area contributed by atoms with E-state index in [1.807, 2.05) is 13.8 Å². The van der Waals surface area contributed by atoms with Crippen molar-refractivity contribution in [3.63, 3.8) is 0 Å². The molecular weight excluding hydrogens is 472 g/mol. The molecule has 1 aliphatic rings. The first-order valence-corrected chi connectivity index (χ1v) is 11.1. The van der Waals surface area contributed by atoms with E-state index in [9.17, 15) is 14.9 Å². The molecular formula is C23H23ClN8O3. The minimum atomic E-state index is -1.04. The Kier molecular flexibility index (Phi) is 6.17. The summed E-state index contributed by atoms with van der Waals surface area (Å²) >= 11 is 6.07. The van der Waals surface area contributed by atoms with Gasteiger partial charge in [-0.2, -0.15) is 5.26 Å². The van der Waals surface area contributed by atoms with Crippen LogP contribution in [0.5, 0.6) is 0 Å². The maximum absolute atomic E-state index is 12.6. The van der Waals surface area contributed by atoms with Crippen LogP contribution in [0.1, 0.15) is 38.9 Å². The monoisotopic (exact) mass is 494 g/mol. The highest BCUT2D eigenvalue weighted by Gasteiger charge is 2.67. The molecule has 3 heterocycles. The first-order valence-electron chi connectivity index (χ1n) is 10.7. The van der Waals surface area contributed by atoms with Crippen LogP contribution < -0.4 is 10.6 Å². The van der Waals surface area contributed by atoms with Crippen LogP contribution in [0.25, 0.3) is 11.4 Å². The Hall–Kier alpha value is -4.04. The molecule has 2 atom stereocenters. The van der Waals surface area contributed by atoms with Crippen molar-refractivity contribution in [2.24, 2.45) is 17.9 Å². The molecule has 3 aromatic rings. The van der Waals surface area contributed by atoms with Crippen molar-refractivity contribution < 1.29 is 14.3 Å². The molecule has 0 spiro atoms. The lowest BCUT2D eigenvalue weighted by molar-refractivity contribution is -0.120. The van der Waals surface area contributed by atoms with Crippen LogP contribution in [-0.4, -0.2) is 37.0 Å². The van der Waals surface area contributed by atoms with Gasteiger partial charge in [-0.05, 0) is 37.0 Å². The highest BCUT2D eigenvalue weighted by molar-refractivity contribution is 6.30. The Balaban J connectivity index is 1.45. The van der Waals surface area contributed by atoms with Crippen molar-refractivity contribution in [1.82, 2.24) is 25.0 Å². The number of halogens is 1. The Morgan fingerprint density at radius 2 is 2.00 bits per heavy atom. The number of pyridine rings is 2. The largest absolute Gasteiger partial charge is 0.441 e. The molecule has 1 unspecified atom stereocenters. The maximum atomic E-state index is 12.6. The molecule has 0 radical (unpaired) electrons. The number of hydrogen-bond acceptors (Lipinski definition) is 8. The van der Waals surface area contributed by atoms with Gasteiger partial charge in [0.15, 0.2) is 11.5 Å². The van der Waals surface area contributed by atoms with Gasteiger partial charge < -0.3 is 10.1 Å². The number of carbonyl (C=O) groups is 2. The lowest BCUT2D eigenvalue weighted by atomic mass is 9.96. The van der Waals surface area contributed by atoms with Gasteiger partial charge in [-0.25, -0.2) is 14.5 Å². The van der Waals surface area contributed by atoms with E-state index in [0.717, 1.165) is 0 Å². The molecule has 3 aromatic heterocycles. The fourth-order valence-electron chi connectivity index (χ4n) is 3.82. The molecule has 0 aromatic carbocycles. The van der Waals surface area contributed by atoms with Crippen LogP contribution in [0.4, 0.5) is 16.3 Å². The van der Waals surface area contributed by atoms with E-state index >= 15 is 0 Å². The lowest BCUT2D eigenvalue weighted by Crippen LogP contribution is -2.26. The molecule has 11 nitrogen and oxygen atoms in total. The zero-order valence-electron chi connectivity index (χ0n) is 19.5. The smallest absolute Gasteiger partial charge is 0.413 e. The van der Waals surface area contributed by atoms with E-state index in [4.69, 9.17) is 16.3 Å². The number of nitrogens with zero attached hydrogens (tertiary/aromatic N) is 6. The number of ether oxygens (including phenoxy) is 1. The number of anilines is 2. The highest BCUT2D eigenvalue weighted by Crippen LogP contribution is 2.63. The quantitative estimate of drug-likeness (QED) is 0.486. The van der Waals surface area contributed by atoms with Gasteiger partial charge in [0, 0.05) is 18.8 Å². The predicted octanol–water partition coefficient (Wildman–Crippen LogP) is 4.11. The van der Waals surface area contributed by atoms with E-state index in [1.54, 1.807) is 44.4 Å². The van der Waals surface area contributed by atoms with Crippen molar-refractivity contribution in [1.29, 1.82) is 5.26 Å². The second-order valence-corrected chi connectivity index (χ2v) is 9.29. The van der Waals surface area contributed by atoms with Crippen molar-refractivity contribution in [3.05, 3.63) is 47.4 Å². The zero-order valence-corrected chi connectivity index (χ0v) is 20.3. The Morgan fingerprint density at radius 3 is 2.60 bits per heavy atom. The number of rotatable bonds is 6. The van der Waals surface area contributed by atoms with Crippen LogP contribution in [0, 0.1) is 22.2 Å². The molecule has 4 rings (SSSR count). The average molecular weight is 495 g/mol. The van der Waals surface area contributed by atoms with Crippen molar-refractivity contribution in [2.75, 3.05) is 10.6 Å². The Labute approximate surface area is 206 Å². The maximum Gasteiger partial charge on any atom is 0.413 e. The summed E-state index contributed by atoms with van der Waals surface area (Å²) in [7, 11) is 1.61. The van der Waals surface area contributed by atoms with Crippen LogP contribution in [-0.2, 0) is 16.6 Å². The molecule has 2 amide bonds. The van der Waals surface area contributed by atoms with Crippen LogP contribution in [0.3, 0.4) is 0 Å². The van der Waals surface area contributed by atoms with Gasteiger partial charge in [-0.15, -0.1) is 5.10 Å². The topological polar surface area (TPSA) is 148 Å². The second-order valence-electron chi connectivity index (χ2n) is 8.93. The lowest BCUT2D eigenvalue weighted by Gasteiger charge is -2.15. The zero-order chi connectivity index (χ0) is 25.4. The Bertz CT molecular complexity index is 1330. The van der Waals surface area contributed by atoms with Gasteiger partial charge >= 0.3 is 6.09 Å². The van der Waals surface area contributed by atoms with Crippen LogP contribution >= 0.6 is 11.6 Å². The number of aryl methyl sites for hydroxylation is 1. The van der Waals surface area contributed by atoms with Crippen molar-refractivity contribution in [2.45, 2.75) is 33.3 Å². The SMILES string of the molecule is C[C@@H](OC(=O)Nc1c(-c2ccc(NC(=O)C3(C#N)CC3(C)C)cn2)nnn1C)c1cccnc1Cl. The molecule has 180 valence electrons. The predicted molar refractivity (Wildman–Crippen MR) is 127 cm³/mol. The summed E-state index contributed by atoms with van der Waals surface area (Å²) in [5, 5.41) is 23.1. The summed E-state index contributed by atoms with van der Waals surface area (Å²) in [6, 6.07) is 8.83. The normalized spacial score (nSPS) is 18.7. The summed E-state index contributed by atoms with van der Waals surface area (Å²) in [5.41, 5.74) is 0.331. The van der Waals surface area contributed by atoms with Gasteiger partial charge in [0.05, 0.1) is 23.6 Å². The van der Waals surface area contributed by atoms with E-state index in [2.05, 4.69) is 37.0 Å². The molecule has 0 aliphatic heterocycles. The number of carbonyl (C=O) groups excluding carboxylic acids is 2. The molecule has 12 heteroatoms. The summed E-state index contributed by atoms with van der Waals surface area (Å²) in [4.78, 5) is 33.5. The third-order valence-electron chi connectivity index (χ3n) is 6.14. The molecule has 35 heavy (non-hydrogen) atoms. The van der Waals surface area contributed by atoms with E-state index < -0.39 is 17.6 Å². The molecule has 1 saturated carbocycles. The van der Waals surface area contributed by atoms with Gasteiger partial charge in [0.25, 0.3) is 0 Å². The molecule has 1 fully saturated rings. The molecule has 2 N–H and O–H groups in total. The summed E-state index contributed by atoms with van der Waals surface area (Å²) < 4.78 is 6.80. The van der Waals surface area contributed by atoms with Gasteiger partial charge in [0.2, 0.25) is 5.91 Å². The van der Waals surface area contributed by atoms with Crippen molar-refractivity contribution in [3.8, 4) is 17.5 Å². The summed E-state index contributed by atoms with van der Waals surface area (Å²) in [6.07, 6.45) is 2.13. The number of nitrogens with one attached hydrogen (secondary N) is 2. The van der Waals surface area contributed by atoms with E-state index in [-0.39, 0.29) is 22.3 Å². The number of hydrogen-bond donors (Lipinski definition) is 2. The third-order valence-corrected chi connectivity index (χ3v) is 6.45. The van der Waals surface area contributed by atoms with Gasteiger partial charge in [0.1, 0.15) is 16.7 Å². The standard InChI is InChI=1S/C23H23ClN8O3/c1-13(15-6-5-9-26-18(15)24)35-21(34)29-19-17(30-31-32(19)4)16-8-7-14(10-27-16)28-20(33)23(12-25)11-22(23,2)3/h5-10,13H,11H2,1-4H3,(H,28,33)(H,29,34)/t13-,23?/m1/s1. The fourth-order valence-corrected chi connectivity index (χ4v) is 4.09. The van der Waals surface area contributed by atoms with Crippen LogP contribution in [0.15, 0.2) is 36.7 Å². The molecule has 0 bridgehead atoms. The summed E-state index contributed by atoms with van der Waals surface area (Å²) in [5.74, 6) is -0.0843.